The fourth-order valence-electron chi connectivity index (χ4n) is 3.36. The van der Waals surface area contributed by atoms with Crippen molar-refractivity contribution in [2.24, 2.45) is 11.8 Å². The number of ether oxygens (including phenoxy) is 1. The fraction of sp³-hybridized carbons (Fsp3) is 1.00. The van der Waals surface area contributed by atoms with Crippen LogP contribution in [0, 0.1) is 11.8 Å². The summed E-state index contributed by atoms with van der Waals surface area (Å²) in [6.07, 6.45) is 6.69. The molecular weight excluding hydrogens is 222 g/mol. The van der Waals surface area contributed by atoms with Crippen molar-refractivity contribution in [1.82, 2.24) is 5.32 Å². The second-order valence-corrected chi connectivity index (χ2v) is 6.49. The highest BCUT2D eigenvalue weighted by Crippen LogP contribution is 2.35. The topological polar surface area (TPSA) is 21.3 Å². The molecule has 0 aromatic rings. The molecule has 1 N–H and O–H groups in total. The lowest BCUT2D eigenvalue weighted by atomic mass is 9.74. The highest BCUT2D eigenvalue weighted by molar-refractivity contribution is 4.92. The normalized spacial score (nSPS) is 27.2. The first kappa shape index (κ1) is 16.0. The van der Waals surface area contributed by atoms with Gasteiger partial charge in [0.05, 0.1) is 5.60 Å². The van der Waals surface area contributed by atoms with Crippen LogP contribution < -0.4 is 5.32 Å². The Bertz CT molecular complexity index is 219. The highest BCUT2D eigenvalue weighted by Gasteiger charge is 2.37. The van der Waals surface area contributed by atoms with E-state index in [4.69, 9.17) is 4.74 Å². The van der Waals surface area contributed by atoms with Gasteiger partial charge in [0, 0.05) is 12.6 Å². The largest absolute Gasteiger partial charge is 0.374 e. The van der Waals surface area contributed by atoms with Crippen molar-refractivity contribution in [2.75, 3.05) is 13.2 Å². The molecule has 0 aromatic carbocycles. The molecule has 1 fully saturated rings. The van der Waals surface area contributed by atoms with Gasteiger partial charge in [-0.25, -0.2) is 0 Å². The van der Waals surface area contributed by atoms with Crippen LogP contribution in [0.5, 0.6) is 0 Å². The molecule has 0 radical (unpaired) electrons. The second-order valence-electron chi connectivity index (χ2n) is 6.49. The standard InChI is InChI=1S/C16H33NO/c1-6-12-17-15(16(4,5)18-7-2)14-10-8-13(3)9-11-14/h13-15,17H,6-12H2,1-5H3. The van der Waals surface area contributed by atoms with Gasteiger partial charge in [0.1, 0.15) is 0 Å². The van der Waals surface area contributed by atoms with Gasteiger partial charge < -0.3 is 10.1 Å². The predicted octanol–water partition coefficient (Wildman–Crippen LogP) is 4.00. The van der Waals surface area contributed by atoms with Gasteiger partial charge in [-0.1, -0.05) is 26.7 Å². The third-order valence-corrected chi connectivity index (χ3v) is 4.41. The summed E-state index contributed by atoms with van der Waals surface area (Å²) in [6, 6.07) is 0.505. The Kier molecular flexibility index (Phi) is 6.65. The Morgan fingerprint density at radius 1 is 1.17 bits per heavy atom. The van der Waals surface area contributed by atoms with E-state index in [1.807, 2.05) is 0 Å². The lowest BCUT2D eigenvalue weighted by Crippen LogP contribution is -2.53. The molecule has 0 spiro atoms. The minimum absolute atomic E-state index is 0.0465. The quantitative estimate of drug-likeness (QED) is 0.742. The average Bonchev–Trinajstić information content (AvgIpc) is 2.31. The van der Waals surface area contributed by atoms with Gasteiger partial charge in [0.25, 0.3) is 0 Å². The van der Waals surface area contributed by atoms with E-state index in [0.717, 1.165) is 25.0 Å². The van der Waals surface area contributed by atoms with E-state index in [1.165, 1.54) is 32.1 Å². The van der Waals surface area contributed by atoms with Gasteiger partial charge >= 0.3 is 0 Å². The molecule has 0 saturated heterocycles. The van der Waals surface area contributed by atoms with Gasteiger partial charge in [-0.3, -0.25) is 0 Å². The van der Waals surface area contributed by atoms with Gasteiger partial charge in [-0.05, 0) is 58.4 Å². The van der Waals surface area contributed by atoms with Gasteiger partial charge in [0.15, 0.2) is 0 Å². The maximum Gasteiger partial charge on any atom is 0.0781 e. The number of hydrogen-bond donors (Lipinski definition) is 1. The third kappa shape index (κ3) is 4.55. The fourth-order valence-corrected chi connectivity index (χ4v) is 3.36. The minimum atomic E-state index is -0.0465. The molecule has 18 heavy (non-hydrogen) atoms. The molecule has 0 amide bonds. The summed E-state index contributed by atoms with van der Waals surface area (Å²) < 4.78 is 6.01. The molecular formula is C16H33NO. The Balaban J connectivity index is 2.64. The highest BCUT2D eigenvalue weighted by atomic mass is 16.5. The molecule has 2 heteroatoms. The number of hydrogen-bond acceptors (Lipinski definition) is 2. The van der Waals surface area contributed by atoms with Gasteiger partial charge in [-0.15, -0.1) is 0 Å². The van der Waals surface area contributed by atoms with E-state index < -0.39 is 0 Å². The SMILES string of the molecule is CCCNC(C1CCC(C)CC1)C(C)(C)OCC. The van der Waals surface area contributed by atoms with E-state index in [-0.39, 0.29) is 5.60 Å². The first-order chi connectivity index (χ1) is 8.51. The summed E-state index contributed by atoms with van der Waals surface area (Å²) in [4.78, 5) is 0. The Morgan fingerprint density at radius 2 is 1.78 bits per heavy atom. The second kappa shape index (κ2) is 7.49. The van der Waals surface area contributed by atoms with Crippen LogP contribution >= 0.6 is 0 Å². The lowest BCUT2D eigenvalue weighted by molar-refractivity contribution is -0.0583. The zero-order valence-corrected chi connectivity index (χ0v) is 13.1. The average molecular weight is 255 g/mol. The summed E-state index contributed by atoms with van der Waals surface area (Å²) in [7, 11) is 0. The van der Waals surface area contributed by atoms with E-state index in [9.17, 15) is 0 Å². The van der Waals surface area contributed by atoms with E-state index in [1.54, 1.807) is 0 Å². The summed E-state index contributed by atoms with van der Waals surface area (Å²) in [5.74, 6) is 1.71. The van der Waals surface area contributed by atoms with Crippen LogP contribution in [0.15, 0.2) is 0 Å². The first-order valence-corrected chi connectivity index (χ1v) is 7.88. The molecule has 1 atom stereocenters. The van der Waals surface area contributed by atoms with Gasteiger partial charge in [-0.2, -0.15) is 0 Å². The van der Waals surface area contributed by atoms with Crippen molar-refractivity contribution < 1.29 is 4.74 Å². The summed E-state index contributed by atoms with van der Waals surface area (Å²) in [5.41, 5.74) is -0.0465. The van der Waals surface area contributed by atoms with Crippen LogP contribution in [0.2, 0.25) is 0 Å². The number of rotatable bonds is 7. The van der Waals surface area contributed by atoms with Crippen molar-refractivity contribution in [3.8, 4) is 0 Å². The van der Waals surface area contributed by atoms with Crippen LogP contribution in [-0.4, -0.2) is 24.8 Å². The van der Waals surface area contributed by atoms with Crippen LogP contribution in [0.4, 0.5) is 0 Å². The maximum absolute atomic E-state index is 6.01. The summed E-state index contributed by atoms with van der Waals surface area (Å²) in [6.45, 7) is 13.1. The molecule has 0 aliphatic heterocycles. The van der Waals surface area contributed by atoms with E-state index in [2.05, 4.69) is 39.9 Å². The molecule has 1 unspecified atom stereocenters. The van der Waals surface area contributed by atoms with Gasteiger partial charge in [0.2, 0.25) is 0 Å². The Morgan fingerprint density at radius 3 is 2.28 bits per heavy atom. The van der Waals surface area contributed by atoms with Crippen molar-refractivity contribution in [3.63, 3.8) is 0 Å². The lowest BCUT2D eigenvalue weighted by Gasteiger charge is -2.42. The molecule has 0 heterocycles. The molecule has 0 aromatic heterocycles. The molecule has 0 bridgehead atoms. The predicted molar refractivity (Wildman–Crippen MR) is 78.9 cm³/mol. The van der Waals surface area contributed by atoms with E-state index >= 15 is 0 Å². The molecule has 1 rings (SSSR count). The van der Waals surface area contributed by atoms with Crippen molar-refractivity contribution in [3.05, 3.63) is 0 Å². The first-order valence-electron chi connectivity index (χ1n) is 7.88. The van der Waals surface area contributed by atoms with Crippen LogP contribution in [0.1, 0.15) is 66.7 Å². The zero-order valence-electron chi connectivity index (χ0n) is 13.1. The van der Waals surface area contributed by atoms with Crippen LogP contribution in [0.25, 0.3) is 0 Å². The third-order valence-electron chi connectivity index (χ3n) is 4.41. The van der Waals surface area contributed by atoms with E-state index in [0.29, 0.717) is 6.04 Å². The van der Waals surface area contributed by atoms with Crippen molar-refractivity contribution >= 4 is 0 Å². The number of nitrogens with one attached hydrogen (secondary N) is 1. The van der Waals surface area contributed by atoms with Crippen LogP contribution in [-0.2, 0) is 4.74 Å². The maximum atomic E-state index is 6.01. The summed E-state index contributed by atoms with van der Waals surface area (Å²) >= 11 is 0. The smallest absolute Gasteiger partial charge is 0.0781 e. The molecule has 108 valence electrons. The van der Waals surface area contributed by atoms with Crippen molar-refractivity contribution in [2.45, 2.75) is 78.4 Å². The monoisotopic (exact) mass is 255 g/mol. The van der Waals surface area contributed by atoms with Crippen molar-refractivity contribution in [1.29, 1.82) is 0 Å². The van der Waals surface area contributed by atoms with Crippen LogP contribution in [0.3, 0.4) is 0 Å². The molecule has 1 aliphatic carbocycles. The molecule has 2 nitrogen and oxygen atoms in total. The zero-order chi connectivity index (χ0) is 13.6. The Labute approximate surface area is 114 Å². The Hall–Kier alpha value is -0.0800. The summed E-state index contributed by atoms with van der Waals surface area (Å²) in [5, 5.41) is 3.75. The molecule has 1 saturated carbocycles. The minimum Gasteiger partial charge on any atom is -0.374 e. The molecule has 1 aliphatic rings.